The molecule has 2 aliphatic rings. The first-order valence-corrected chi connectivity index (χ1v) is 5.20. The number of methoxy groups -OCH3 is 1. The Kier molecular flexibility index (Phi) is 3.23. The standard InChI is InChI=1S/C10H16O5/c1-13-10-6-2-3-8(11)7(6)4-9(12)14-5-15-10/h6-8,10-11H,2-5H2,1H3/t6-,7+,8-,10?/m1/s1. The van der Waals surface area contributed by atoms with Crippen molar-refractivity contribution in [1.29, 1.82) is 0 Å². The molecule has 0 bridgehead atoms. The average molecular weight is 216 g/mol. The van der Waals surface area contributed by atoms with Gasteiger partial charge in [-0.25, -0.2) is 0 Å². The van der Waals surface area contributed by atoms with E-state index in [-0.39, 0.29) is 37.3 Å². The molecule has 1 saturated carbocycles. The third-order valence-electron chi connectivity index (χ3n) is 3.28. The molecule has 0 aromatic carbocycles. The molecule has 5 heteroatoms. The molecule has 4 atom stereocenters. The van der Waals surface area contributed by atoms with Gasteiger partial charge < -0.3 is 19.3 Å². The van der Waals surface area contributed by atoms with Crippen molar-refractivity contribution in [3.05, 3.63) is 0 Å². The van der Waals surface area contributed by atoms with E-state index in [0.29, 0.717) is 6.42 Å². The van der Waals surface area contributed by atoms with E-state index < -0.39 is 6.10 Å². The van der Waals surface area contributed by atoms with E-state index in [0.717, 1.165) is 6.42 Å². The van der Waals surface area contributed by atoms with Crippen LogP contribution in [0.25, 0.3) is 0 Å². The number of ether oxygens (including phenoxy) is 3. The first-order chi connectivity index (χ1) is 7.22. The second kappa shape index (κ2) is 4.47. The lowest BCUT2D eigenvalue weighted by molar-refractivity contribution is -0.225. The summed E-state index contributed by atoms with van der Waals surface area (Å²) < 4.78 is 15.3. The Morgan fingerprint density at radius 1 is 1.40 bits per heavy atom. The van der Waals surface area contributed by atoms with Gasteiger partial charge in [0.2, 0.25) is 0 Å². The van der Waals surface area contributed by atoms with Gasteiger partial charge in [-0.15, -0.1) is 0 Å². The van der Waals surface area contributed by atoms with Crippen LogP contribution in [0.1, 0.15) is 19.3 Å². The molecule has 0 amide bonds. The molecule has 0 aromatic heterocycles. The monoisotopic (exact) mass is 216 g/mol. The highest BCUT2D eigenvalue weighted by atomic mass is 16.8. The van der Waals surface area contributed by atoms with Crippen molar-refractivity contribution in [3.8, 4) is 0 Å². The zero-order chi connectivity index (χ0) is 10.8. The van der Waals surface area contributed by atoms with E-state index in [2.05, 4.69) is 0 Å². The Morgan fingerprint density at radius 3 is 2.93 bits per heavy atom. The van der Waals surface area contributed by atoms with Crippen molar-refractivity contribution in [1.82, 2.24) is 0 Å². The van der Waals surface area contributed by atoms with Crippen LogP contribution in [0, 0.1) is 11.8 Å². The summed E-state index contributed by atoms with van der Waals surface area (Å²) in [5.74, 6) is -0.305. The summed E-state index contributed by atoms with van der Waals surface area (Å²) in [6.07, 6.45) is 0.973. The summed E-state index contributed by atoms with van der Waals surface area (Å²) in [5.41, 5.74) is 0. The average Bonchev–Trinajstić information content (AvgIpc) is 2.53. The van der Waals surface area contributed by atoms with Crippen molar-refractivity contribution in [3.63, 3.8) is 0 Å². The van der Waals surface area contributed by atoms with Crippen LogP contribution < -0.4 is 0 Å². The predicted octanol–water partition coefficient (Wildman–Crippen LogP) is 0.267. The molecule has 2 fully saturated rings. The van der Waals surface area contributed by atoms with Gasteiger partial charge in [0.05, 0.1) is 12.5 Å². The number of esters is 1. The lowest BCUT2D eigenvalue weighted by atomic mass is 9.91. The maximum absolute atomic E-state index is 11.3. The van der Waals surface area contributed by atoms with E-state index in [1.165, 1.54) is 0 Å². The predicted molar refractivity (Wildman–Crippen MR) is 49.7 cm³/mol. The minimum atomic E-state index is -0.443. The highest BCUT2D eigenvalue weighted by molar-refractivity contribution is 5.69. The number of carbonyl (C=O) groups is 1. The Hall–Kier alpha value is -0.650. The summed E-state index contributed by atoms with van der Waals surface area (Å²) >= 11 is 0. The molecular formula is C10H16O5. The van der Waals surface area contributed by atoms with E-state index in [9.17, 15) is 9.90 Å². The summed E-state index contributed by atoms with van der Waals surface area (Å²) in [7, 11) is 1.57. The fourth-order valence-electron chi connectivity index (χ4n) is 2.49. The Balaban J connectivity index is 2.11. The fraction of sp³-hybridized carbons (Fsp3) is 0.900. The van der Waals surface area contributed by atoms with Crippen molar-refractivity contribution in [2.24, 2.45) is 11.8 Å². The third-order valence-corrected chi connectivity index (χ3v) is 3.28. The van der Waals surface area contributed by atoms with Gasteiger partial charge in [0.25, 0.3) is 0 Å². The van der Waals surface area contributed by atoms with Gasteiger partial charge in [-0.2, -0.15) is 0 Å². The number of rotatable bonds is 1. The van der Waals surface area contributed by atoms with Gasteiger partial charge in [0.1, 0.15) is 0 Å². The SMILES string of the molecule is COC1OCOC(=O)C[C@@H]2[C@H](O)CC[C@@H]12. The first-order valence-electron chi connectivity index (χ1n) is 5.20. The molecule has 0 radical (unpaired) electrons. The first kappa shape index (κ1) is 10.9. The number of hydrogen-bond acceptors (Lipinski definition) is 5. The van der Waals surface area contributed by atoms with Crippen LogP contribution in [0.15, 0.2) is 0 Å². The lowest BCUT2D eigenvalue weighted by Gasteiger charge is -2.30. The number of fused-ring (bicyclic) bond motifs is 1. The van der Waals surface area contributed by atoms with Crippen molar-refractivity contribution < 1.29 is 24.1 Å². The number of carbonyl (C=O) groups excluding carboxylic acids is 1. The molecule has 1 unspecified atom stereocenters. The Morgan fingerprint density at radius 2 is 2.20 bits per heavy atom. The number of hydrogen-bond donors (Lipinski definition) is 1. The Labute approximate surface area is 88.3 Å². The summed E-state index contributed by atoms with van der Waals surface area (Å²) in [6, 6.07) is 0. The van der Waals surface area contributed by atoms with E-state index in [4.69, 9.17) is 14.2 Å². The van der Waals surface area contributed by atoms with Gasteiger partial charge in [-0.1, -0.05) is 0 Å². The topological polar surface area (TPSA) is 65.0 Å². The molecule has 1 aliphatic carbocycles. The summed E-state index contributed by atoms with van der Waals surface area (Å²) in [4.78, 5) is 11.3. The molecule has 1 aliphatic heterocycles. The Bertz CT molecular complexity index is 242. The third kappa shape index (κ3) is 2.14. The van der Waals surface area contributed by atoms with Crippen LogP contribution in [0.2, 0.25) is 0 Å². The summed E-state index contributed by atoms with van der Waals surface area (Å²) in [6.45, 7) is -0.0589. The van der Waals surface area contributed by atoms with Gasteiger partial charge in [0, 0.05) is 18.9 Å². The van der Waals surface area contributed by atoms with E-state index in [1.807, 2.05) is 0 Å². The van der Waals surface area contributed by atoms with Crippen molar-refractivity contribution in [2.75, 3.05) is 13.9 Å². The molecule has 2 rings (SSSR count). The van der Waals surface area contributed by atoms with Gasteiger partial charge >= 0.3 is 5.97 Å². The molecule has 1 saturated heterocycles. The van der Waals surface area contributed by atoms with Crippen LogP contribution in [0.4, 0.5) is 0 Å². The maximum Gasteiger partial charge on any atom is 0.308 e. The molecule has 5 nitrogen and oxygen atoms in total. The van der Waals surface area contributed by atoms with Crippen LogP contribution in [-0.4, -0.2) is 37.4 Å². The minimum absolute atomic E-state index is 0.0589. The van der Waals surface area contributed by atoms with Crippen LogP contribution in [-0.2, 0) is 19.0 Å². The van der Waals surface area contributed by atoms with Crippen LogP contribution in [0.5, 0.6) is 0 Å². The molecule has 86 valence electrons. The molecule has 0 aromatic rings. The second-order valence-corrected chi connectivity index (χ2v) is 4.08. The van der Waals surface area contributed by atoms with Crippen LogP contribution >= 0.6 is 0 Å². The molecular weight excluding hydrogens is 200 g/mol. The largest absolute Gasteiger partial charge is 0.438 e. The quantitative estimate of drug-likeness (QED) is 0.637. The minimum Gasteiger partial charge on any atom is -0.438 e. The molecule has 1 N–H and O–H groups in total. The second-order valence-electron chi connectivity index (χ2n) is 4.08. The number of aliphatic hydroxyl groups is 1. The number of cyclic esters (lactones) is 1. The zero-order valence-electron chi connectivity index (χ0n) is 8.72. The van der Waals surface area contributed by atoms with Gasteiger partial charge in [-0.3, -0.25) is 4.79 Å². The van der Waals surface area contributed by atoms with Crippen molar-refractivity contribution in [2.45, 2.75) is 31.7 Å². The lowest BCUT2D eigenvalue weighted by Crippen LogP contribution is -2.36. The normalized spacial score (nSPS) is 41.6. The number of aliphatic hydroxyl groups excluding tert-OH is 1. The summed E-state index contributed by atoms with van der Waals surface area (Å²) in [5, 5.41) is 9.75. The molecule has 0 spiro atoms. The fourth-order valence-corrected chi connectivity index (χ4v) is 2.49. The van der Waals surface area contributed by atoms with Gasteiger partial charge in [0.15, 0.2) is 13.1 Å². The van der Waals surface area contributed by atoms with E-state index >= 15 is 0 Å². The van der Waals surface area contributed by atoms with Gasteiger partial charge in [-0.05, 0) is 12.8 Å². The molecule has 15 heavy (non-hydrogen) atoms. The smallest absolute Gasteiger partial charge is 0.308 e. The zero-order valence-corrected chi connectivity index (χ0v) is 8.72. The highest BCUT2D eigenvalue weighted by Crippen LogP contribution is 2.39. The molecule has 1 heterocycles. The van der Waals surface area contributed by atoms with Crippen LogP contribution in [0.3, 0.4) is 0 Å². The highest BCUT2D eigenvalue weighted by Gasteiger charge is 2.42. The van der Waals surface area contributed by atoms with E-state index in [1.54, 1.807) is 7.11 Å². The maximum atomic E-state index is 11.3. The van der Waals surface area contributed by atoms with Crippen molar-refractivity contribution >= 4 is 5.97 Å².